The van der Waals surface area contributed by atoms with Gasteiger partial charge >= 0.3 is 0 Å². The van der Waals surface area contributed by atoms with Gasteiger partial charge in [-0.1, -0.05) is 17.7 Å². The van der Waals surface area contributed by atoms with Gasteiger partial charge in [0, 0.05) is 38.4 Å². The van der Waals surface area contributed by atoms with Crippen molar-refractivity contribution in [1.29, 1.82) is 0 Å². The molecule has 1 N–H and O–H groups in total. The number of pyridine rings is 2. The topological polar surface area (TPSA) is 76.6 Å². The van der Waals surface area contributed by atoms with Crippen LogP contribution in [0.1, 0.15) is 36.2 Å². The molecule has 1 fully saturated rings. The molecule has 0 spiro atoms. The molecule has 1 amide bonds. The summed E-state index contributed by atoms with van der Waals surface area (Å²) in [6.07, 6.45) is 4.01. The van der Waals surface area contributed by atoms with E-state index < -0.39 is 0 Å². The molecule has 1 aliphatic rings. The largest absolute Gasteiger partial charge is 0.471 e. The Kier molecular flexibility index (Phi) is 7.06. The van der Waals surface area contributed by atoms with Crippen molar-refractivity contribution < 1.29 is 14.3 Å². The Morgan fingerprint density at radius 3 is 2.75 bits per heavy atom. The van der Waals surface area contributed by atoms with Crippen LogP contribution in [0.5, 0.6) is 5.88 Å². The Balaban J connectivity index is 1.56. The van der Waals surface area contributed by atoms with Crippen molar-refractivity contribution >= 4 is 23.3 Å². The third-order valence-electron chi connectivity index (χ3n) is 4.59. The highest BCUT2D eigenvalue weighted by atomic mass is 35.5. The molecule has 2 aromatic rings. The fourth-order valence-corrected chi connectivity index (χ4v) is 3.15. The average Bonchev–Trinajstić information content (AvgIpc) is 3.23. The standard InChI is InChI=1S/C20H25ClN4O3/c1-3-25(4-2)18-6-5-14(10-22-18)11-23-19(26)15-9-17(21)20(24-12-15)28-16-7-8-27-13-16/h5-6,9-10,12,16H,3-4,7-8,11,13H2,1-2H3,(H,23,26). The first-order valence-electron chi connectivity index (χ1n) is 9.48. The van der Waals surface area contributed by atoms with Gasteiger partial charge in [0.15, 0.2) is 0 Å². The van der Waals surface area contributed by atoms with Crippen LogP contribution >= 0.6 is 11.6 Å². The van der Waals surface area contributed by atoms with Crippen LogP contribution < -0.4 is 15.0 Å². The van der Waals surface area contributed by atoms with Crippen LogP contribution in [0, 0.1) is 0 Å². The minimum atomic E-state index is -0.252. The molecular formula is C20H25ClN4O3. The molecule has 8 heteroatoms. The molecule has 3 heterocycles. The number of halogens is 1. The molecule has 7 nitrogen and oxygen atoms in total. The molecule has 1 aliphatic heterocycles. The van der Waals surface area contributed by atoms with Crippen LogP contribution in [0.15, 0.2) is 30.6 Å². The first-order chi connectivity index (χ1) is 13.6. The highest BCUT2D eigenvalue weighted by Crippen LogP contribution is 2.25. The van der Waals surface area contributed by atoms with Crippen molar-refractivity contribution in [2.24, 2.45) is 0 Å². The maximum Gasteiger partial charge on any atom is 0.253 e. The molecule has 0 aliphatic carbocycles. The monoisotopic (exact) mass is 404 g/mol. The number of hydrogen-bond acceptors (Lipinski definition) is 6. The zero-order valence-corrected chi connectivity index (χ0v) is 16.9. The van der Waals surface area contributed by atoms with E-state index >= 15 is 0 Å². The number of hydrogen-bond donors (Lipinski definition) is 1. The number of nitrogens with one attached hydrogen (secondary N) is 1. The van der Waals surface area contributed by atoms with Crippen molar-refractivity contribution in [2.75, 3.05) is 31.2 Å². The van der Waals surface area contributed by atoms with Gasteiger partial charge in [0.25, 0.3) is 5.91 Å². The number of amides is 1. The van der Waals surface area contributed by atoms with E-state index in [4.69, 9.17) is 21.1 Å². The predicted molar refractivity (Wildman–Crippen MR) is 108 cm³/mol. The van der Waals surface area contributed by atoms with Gasteiger partial charge in [-0.3, -0.25) is 4.79 Å². The lowest BCUT2D eigenvalue weighted by atomic mass is 10.2. The minimum absolute atomic E-state index is 0.0449. The van der Waals surface area contributed by atoms with E-state index in [1.165, 1.54) is 6.20 Å². The van der Waals surface area contributed by atoms with Gasteiger partial charge < -0.3 is 19.7 Å². The zero-order valence-electron chi connectivity index (χ0n) is 16.2. The smallest absolute Gasteiger partial charge is 0.253 e. The lowest BCUT2D eigenvalue weighted by Crippen LogP contribution is -2.24. The maximum absolute atomic E-state index is 12.4. The Hall–Kier alpha value is -2.38. The van der Waals surface area contributed by atoms with Gasteiger partial charge in [-0.25, -0.2) is 9.97 Å². The quantitative estimate of drug-likeness (QED) is 0.728. The summed E-state index contributed by atoms with van der Waals surface area (Å²) in [5.41, 5.74) is 1.30. The molecule has 0 aromatic carbocycles. The summed E-state index contributed by atoms with van der Waals surface area (Å²) in [7, 11) is 0. The summed E-state index contributed by atoms with van der Waals surface area (Å²) in [6.45, 7) is 7.57. The molecule has 0 radical (unpaired) electrons. The minimum Gasteiger partial charge on any atom is -0.471 e. The summed E-state index contributed by atoms with van der Waals surface area (Å²) in [5, 5.41) is 3.17. The summed E-state index contributed by atoms with van der Waals surface area (Å²) >= 11 is 6.22. The number of carbonyl (C=O) groups excluding carboxylic acids is 1. The van der Waals surface area contributed by atoms with Crippen molar-refractivity contribution in [3.05, 3.63) is 46.7 Å². The van der Waals surface area contributed by atoms with Crippen molar-refractivity contribution in [2.45, 2.75) is 32.9 Å². The second-order valence-corrected chi connectivity index (χ2v) is 6.90. The Bertz CT molecular complexity index is 791. The number of anilines is 1. The second kappa shape index (κ2) is 9.71. The first-order valence-corrected chi connectivity index (χ1v) is 9.86. The van der Waals surface area contributed by atoms with Crippen molar-refractivity contribution in [3.8, 4) is 5.88 Å². The highest BCUT2D eigenvalue weighted by Gasteiger charge is 2.20. The molecular weight excluding hydrogens is 380 g/mol. The fraction of sp³-hybridized carbons (Fsp3) is 0.450. The molecule has 150 valence electrons. The van der Waals surface area contributed by atoms with Crippen LogP contribution in [0.2, 0.25) is 5.02 Å². The van der Waals surface area contributed by atoms with Gasteiger partial charge in [-0.15, -0.1) is 0 Å². The van der Waals surface area contributed by atoms with Crippen LogP contribution in [-0.4, -0.2) is 48.3 Å². The highest BCUT2D eigenvalue weighted by molar-refractivity contribution is 6.32. The third kappa shape index (κ3) is 5.11. The van der Waals surface area contributed by atoms with E-state index in [0.29, 0.717) is 36.2 Å². The molecule has 1 unspecified atom stereocenters. The van der Waals surface area contributed by atoms with E-state index in [2.05, 4.69) is 34.0 Å². The lowest BCUT2D eigenvalue weighted by Gasteiger charge is -2.19. The number of carbonyl (C=O) groups is 1. The van der Waals surface area contributed by atoms with Gasteiger partial charge in [-0.2, -0.15) is 0 Å². The van der Waals surface area contributed by atoms with Gasteiger partial charge in [0.2, 0.25) is 5.88 Å². The number of aromatic nitrogens is 2. The summed E-state index contributed by atoms with van der Waals surface area (Å²) < 4.78 is 11.0. The Morgan fingerprint density at radius 2 is 2.14 bits per heavy atom. The summed E-state index contributed by atoms with van der Waals surface area (Å²) in [5.74, 6) is 1.00. The molecule has 0 bridgehead atoms. The van der Waals surface area contributed by atoms with E-state index in [-0.39, 0.29) is 12.0 Å². The van der Waals surface area contributed by atoms with Crippen LogP contribution in [0.25, 0.3) is 0 Å². The Labute approximate surface area is 170 Å². The average molecular weight is 405 g/mol. The van der Waals surface area contributed by atoms with E-state index in [9.17, 15) is 4.79 Å². The molecule has 1 saturated heterocycles. The normalized spacial score (nSPS) is 16.0. The molecule has 0 saturated carbocycles. The molecule has 2 aromatic heterocycles. The summed E-state index contributed by atoms with van der Waals surface area (Å²) in [4.78, 5) is 23.2. The van der Waals surface area contributed by atoms with E-state index in [1.807, 2.05) is 12.1 Å². The van der Waals surface area contributed by atoms with Crippen molar-refractivity contribution in [3.63, 3.8) is 0 Å². The third-order valence-corrected chi connectivity index (χ3v) is 4.86. The zero-order chi connectivity index (χ0) is 19.9. The van der Waals surface area contributed by atoms with E-state index in [0.717, 1.165) is 30.9 Å². The van der Waals surface area contributed by atoms with Crippen LogP contribution in [-0.2, 0) is 11.3 Å². The summed E-state index contributed by atoms with van der Waals surface area (Å²) in [6, 6.07) is 5.50. The first kappa shape index (κ1) is 20.4. The van der Waals surface area contributed by atoms with E-state index in [1.54, 1.807) is 12.3 Å². The van der Waals surface area contributed by atoms with Crippen LogP contribution in [0.4, 0.5) is 5.82 Å². The lowest BCUT2D eigenvalue weighted by molar-refractivity contribution is 0.0950. The Morgan fingerprint density at radius 1 is 1.32 bits per heavy atom. The molecule has 3 rings (SSSR count). The van der Waals surface area contributed by atoms with Gasteiger partial charge in [0.1, 0.15) is 16.9 Å². The van der Waals surface area contributed by atoms with Gasteiger partial charge in [0.05, 0.1) is 18.8 Å². The maximum atomic E-state index is 12.4. The molecule has 1 atom stereocenters. The predicted octanol–water partition coefficient (Wildman–Crippen LogP) is 3.07. The molecule has 28 heavy (non-hydrogen) atoms. The van der Waals surface area contributed by atoms with Crippen LogP contribution in [0.3, 0.4) is 0 Å². The fourth-order valence-electron chi connectivity index (χ4n) is 2.94. The number of nitrogens with zero attached hydrogens (tertiary/aromatic N) is 3. The SMILES string of the molecule is CCN(CC)c1ccc(CNC(=O)c2cnc(OC3CCOC3)c(Cl)c2)cn1. The van der Waals surface area contributed by atoms with Gasteiger partial charge in [-0.05, 0) is 31.5 Å². The number of rotatable bonds is 8. The van der Waals surface area contributed by atoms with Crippen molar-refractivity contribution in [1.82, 2.24) is 15.3 Å². The second-order valence-electron chi connectivity index (χ2n) is 6.49. The number of ether oxygens (including phenoxy) is 2.